The Kier molecular flexibility index (Phi) is 6.06. The lowest BCUT2D eigenvalue weighted by atomic mass is 10.0. The molecule has 5 heteroatoms. The van der Waals surface area contributed by atoms with Crippen LogP contribution in [-0.2, 0) is 13.1 Å². The van der Waals surface area contributed by atoms with Gasteiger partial charge in [0.2, 0.25) is 0 Å². The van der Waals surface area contributed by atoms with Crippen LogP contribution in [0.3, 0.4) is 0 Å². The van der Waals surface area contributed by atoms with E-state index in [0.29, 0.717) is 13.1 Å². The predicted octanol–water partition coefficient (Wildman–Crippen LogP) is 5.47. The Labute approximate surface area is 172 Å². The van der Waals surface area contributed by atoms with Crippen LogP contribution in [0, 0.1) is 13.8 Å². The number of carbonyl (C=O) groups excluding carboxylic acids is 1. The minimum atomic E-state index is -0.320. The highest BCUT2D eigenvalue weighted by atomic mass is 16.5. The second kappa shape index (κ2) is 8.52. The fourth-order valence-electron chi connectivity index (χ4n) is 3.11. The molecule has 0 atom stereocenters. The highest BCUT2D eigenvalue weighted by Gasteiger charge is 2.22. The quantitative estimate of drug-likeness (QED) is 0.627. The molecule has 0 radical (unpaired) electrons. The number of rotatable bonds is 5. The zero-order valence-electron chi connectivity index (χ0n) is 17.8. The summed E-state index contributed by atoms with van der Waals surface area (Å²) in [5.74, 6) is 0.720. The number of nitrogens with zero attached hydrogens (tertiary/aromatic N) is 2. The number of amides is 2. The Morgan fingerprint density at radius 3 is 2.45 bits per heavy atom. The maximum Gasteiger partial charge on any atom is 0.318 e. The van der Waals surface area contributed by atoms with Crippen molar-refractivity contribution in [1.82, 2.24) is 15.4 Å². The number of nitrogens with one attached hydrogen (secondary N) is 1. The third-order valence-electron chi connectivity index (χ3n) is 4.56. The molecule has 0 bridgehead atoms. The third kappa shape index (κ3) is 5.70. The van der Waals surface area contributed by atoms with E-state index in [0.717, 1.165) is 28.1 Å². The van der Waals surface area contributed by atoms with Crippen LogP contribution in [0.25, 0.3) is 11.3 Å². The van der Waals surface area contributed by atoms with Gasteiger partial charge in [0.25, 0.3) is 0 Å². The molecule has 152 valence electrons. The molecule has 29 heavy (non-hydrogen) atoms. The van der Waals surface area contributed by atoms with Gasteiger partial charge in [-0.1, -0.05) is 53.2 Å². The zero-order chi connectivity index (χ0) is 21.0. The average Bonchev–Trinajstić information content (AvgIpc) is 3.11. The Bertz CT molecular complexity index is 971. The summed E-state index contributed by atoms with van der Waals surface area (Å²) in [4.78, 5) is 14.7. The van der Waals surface area contributed by atoms with E-state index in [4.69, 9.17) is 4.52 Å². The molecule has 0 aliphatic rings. The molecule has 0 aliphatic carbocycles. The third-order valence-corrected chi connectivity index (χ3v) is 4.56. The lowest BCUT2D eigenvalue weighted by molar-refractivity contribution is 0.181. The minimum absolute atomic E-state index is 0.127. The number of aryl methyl sites for hydroxylation is 2. The van der Waals surface area contributed by atoms with E-state index in [1.807, 2.05) is 57.2 Å². The monoisotopic (exact) mass is 391 g/mol. The van der Waals surface area contributed by atoms with Gasteiger partial charge in [-0.25, -0.2) is 4.79 Å². The molecule has 0 saturated heterocycles. The van der Waals surface area contributed by atoms with Crippen LogP contribution in [0.2, 0.25) is 0 Å². The van der Waals surface area contributed by atoms with Crippen LogP contribution in [0.15, 0.2) is 59.1 Å². The van der Waals surface area contributed by atoms with E-state index in [1.54, 1.807) is 4.90 Å². The number of hydrogen-bond donors (Lipinski definition) is 1. The van der Waals surface area contributed by atoms with Crippen molar-refractivity contribution in [1.29, 1.82) is 0 Å². The molecule has 0 spiro atoms. The maximum atomic E-state index is 12.9. The van der Waals surface area contributed by atoms with Crippen LogP contribution in [-0.4, -0.2) is 21.6 Å². The van der Waals surface area contributed by atoms with Crippen LogP contribution in [0.5, 0.6) is 0 Å². The summed E-state index contributed by atoms with van der Waals surface area (Å²) in [5.41, 5.74) is 4.79. The molecule has 2 aromatic carbocycles. The van der Waals surface area contributed by atoms with Crippen LogP contribution < -0.4 is 5.32 Å². The van der Waals surface area contributed by atoms with Gasteiger partial charge in [0, 0.05) is 23.7 Å². The van der Waals surface area contributed by atoms with Gasteiger partial charge in [-0.05, 0) is 51.8 Å². The predicted molar refractivity (Wildman–Crippen MR) is 115 cm³/mol. The topological polar surface area (TPSA) is 58.4 Å². The summed E-state index contributed by atoms with van der Waals surface area (Å²) in [5, 5.41) is 7.27. The van der Waals surface area contributed by atoms with Crippen LogP contribution >= 0.6 is 0 Å². The lowest BCUT2D eigenvalue weighted by Crippen LogP contribution is -2.48. The molecule has 0 unspecified atom stereocenters. The van der Waals surface area contributed by atoms with Gasteiger partial charge in [-0.2, -0.15) is 0 Å². The first-order chi connectivity index (χ1) is 13.7. The fraction of sp³-hybridized carbons (Fsp3) is 0.333. The first kappa shape index (κ1) is 20.6. The molecule has 0 saturated carbocycles. The molecule has 5 nitrogen and oxygen atoms in total. The Morgan fingerprint density at radius 2 is 1.76 bits per heavy atom. The first-order valence-corrected chi connectivity index (χ1v) is 9.85. The standard InChI is InChI=1S/C24H29N3O2/c1-17-11-12-18(2)21(13-17)22-14-20(26-29-22)16-27(23(28)25-24(3,4)5)15-19-9-7-6-8-10-19/h6-14H,15-16H2,1-5H3,(H,25,28). The van der Waals surface area contributed by atoms with E-state index in [1.165, 1.54) is 5.56 Å². The molecule has 0 fully saturated rings. The first-order valence-electron chi connectivity index (χ1n) is 9.85. The minimum Gasteiger partial charge on any atom is -0.356 e. The Morgan fingerprint density at radius 1 is 1.03 bits per heavy atom. The molecule has 1 heterocycles. The summed E-state index contributed by atoms with van der Waals surface area (Å²) < 4.78 is 5.61. The Hall–Kier alpha value is -3.08. The highest BCUT2D eigenvalue weighted by Crippen LogP contribution is 2.26. The van der Waals surface area contributed by atoms with Crippen molar-refractivity contribution in [2.45, 2.75) is 53.2 Å². The smallest absolute Gasteiger partial charge is 0.318 e. The largest absolute Gasteiger partial charge is 0.356 e. The SMILES string of the molecule is Cc1ccc(C)c(-c2cc(CN(Cc3ccccc3)C(=O)NC(C)(C)C)no2)c1. The van der Waals surface area contributed by atoms with Crippen molar-refractivity contribution < 1.29 is 9.32 Å². The molecule has 3 rings (SSSR count). The summed E-state index contributed by atoms with van der Waals surface area (Å²) in [6.45, 7) is 10.9. The Balaban J connectivity index is 1.83. The van der Waals surface area contributed by atoms with E-state index >= 15 is 0 Å². The van der Waals surface area contributed by atoms with E-state index in [2.05, 4.69) is 42.5 Å². The molecular weight excluding hydrogens is 362 g/mol. The molecule has 0 aliphatic heterocycles. The number of hydrogen-bond acceptors (Lipinski definition) is 3. The van der Waals surface area contributed by atoms with Gasteiger partial charge in [0.05, 0.1) is 6.54 Å². The fourth-order valence-corrected chi connectivity index (χ4v) is 3.11. The van der Waals surface area contributed by atoms with Crippen molar-refractivity contribution in [3.63, 3.8) is 0 Å². The maximum absolute atomic E-state index is 12.9. The van der Waals surface area contributed by atoms with Crippen molar-refractivity contribution in [3.05, 3.63) is 77.0 Å². The van der Waals surface area contributed by atoms with Gasteiger partial charge >= 0.3 is 6.03 Å². The van der Waals surface area contributed by atoms with E-state index in [9.17, 15) is 4.79 Å². The highest BCUT2D eigenvalue weighted by molar-refractivity contribution is 5.75. The zero-order valence-corrected chi connectivity index (χ0v) is 17.8. The second-order valence-corrected chi connectivity index (χ2v) is 8.52. The number of urea groups is 1. The lowest BCUT2D eigenvalue weighted by Gasteiger charge is -2.28. The molecule has 1 aromatic heterocycles. The number of benzene rings is 2. The summed E-state index contributed by atoms with van der Waals surface area (Å²) in [6.07, 6.45) is 0. The molecular formula is C24H29N3O2. The van der Waals surface area contributed by atoms with Gasteiger partial charge < -0.3 is 14.7 Å². The summed E-state index contributed by atoms with van der Waals surface area (Å²) in [6, 6.07) is 18.0. The van der Waals surface area contributed by atoms with Gasteiger partial charge in [-0.3, -0.25) is 0 Å². The van der Waals surface area contributed by atoms with Gasteiger partial charge in [0.15, 0.2) is 5.76 Å². The van der Waals surface area contributed by atoms with Crippen LogP contribution in [0.4, 0.5) is 4.79 Å². The van der Waals surface area contributed by atoms with Crippen molar-refractivity contribution in [2.24, 2.45) is 0 Å². The number of aromatic nitrogens is 1. The number of carbonyl (C=O) groups is 1. The van der Waals surface area contributed by atoms with Crippen LogP contribution in [0.1, 0.15) is 43.2 Å². The van der Waals surface area contributed by atoms with Crippen molar-refractivity contribution in [2.75, 3.05) is 0 Å². The van der Waals surface area contributed by atoms with Crippen molar-refractivity contribution in [3.8, 4) is 11.3 Å². The molecule has 1 N–H and O–H groups in total. The summed E-state index contributed by atoms with van der Waals surface area (Å²) >= 11 is 0. The molecule has 3 aromatic rings. The van der Waals surface area contributed by atoms with Gasteiger partial charge in [0.1, 0.15) is 5.69 Å². The van der Waals surface area contributed by atoms with E-state index in [-0.39, 0.29) is 11.6 Å². The normalized spacial score (nSPS) is 11.3. The van der Waals surface area contributed by atoms with E-state index < -0.39 is 0 Å². The van der Waals surface area contributed by atoms with Gasteiger partial charge in [-0.15, -0.1) is 0 Å². The molecule has 2 amide bonds. The summed E-state index contributed by atoms with van der Waals surface area (Å²) in [7, 11) is 0. The second-order valence-electron chi connectivity index (χ2n) is 8.52. The average molecular weight is 392 g/mol. The van der Waals surface area contributed by atoms with Crippen molar-refractivity contribution >= 4 is 6.03 Å².